The average Bonchev–Trinajstić information content (AvgIpc) is 3.17. The van der Waals surface area contributed by atoms with Crippen LogP contribution in [0.5, 0.6) is 0 Å². The lowest BCUT2D eigenvalue weighted by molar-refractivity contribution is -0.196. The molecule has 1 saturated heterocycles. The van der Waals surface area contributed by atoms with Gasteiger partial charge in [-0.15, -0.1) is 0 Å². The van der Waals surface area contributed by atoms with E-state index in [4.69, 9.17) is 14.2 Å². The van der Waals surface area contributed by atoms with Crippen molar-refractivity contribution in [3.8, 4) is 0 Å². The molecule has 2 spiro atoms. The Balaban J connectivity index is 1.31. The molecular weight excluding hydrogens is 336 g/mol. The lowest BCUT2D eigenvalue weighted by atomic mass is 9.71. The summed E-state index contributed by atoms with van der Waals surface area (Å²) in [6.45, 7) is 0.193. The highest BCUT2D eigenvalue weighted by Crippen LogP contribution is 2.46. The van der Waals surface area contributed by atoms with Crippen molar-refractivity contribution < 1.29 is 28.6 Å². The number of carbonyl (C=O) groups is 3. The number of hydrogen-bond donors (Lipinski definition) is 0. The van der Waals surface area contributed by atoms with Gasteiger partial charge in [0.1, 0.15) is 12.4 Å². The zero-order valence-electron chi connectivity index (χ0n) is 15.3. The average molecular weight is 364 g/mol. The fraction of sp³-hybridized carbons (Fsp3) is 0.850. The van der Waals surface area contributed by atoms with Crippen LogP contribution in [0.2, 0.25) is 0 Å². The molecule has 26 heavy (non-hydrogen) atoms. The molecule has 0 aromatic heterocycles. The summed E-state index contributed by atoms with van der Waals surface area (Å²) >= 11 is 0. The second-order valence-electron chi connectivity index (χ2n) is 8.35. The molecule has 0 N–H and O–H groups in total. The van der Waals surface area contributed by atoms with Gasteiger partial charge in [-0.2, -0.15) is 0 Å². The van der Waals surface area contributed by atoms with Crippen LogP contribution in [0.25, 0.3) is 0 Å². The molecule has 0 aromatic rings. The van der Waals surface area contributed by atoms with Crippen LogP contribution in [0.4, 0.5) is 0 Å². The Labute approximate surface area is 153 Å². The van der Waals surface area contributed by atoms with Crippen LogP contribution < -0.4 is 0 Å². The maximum atomic E-state index is 12.8. The van der Waals surface area contributed by atoms with Crippen molar-refractivity contribution in [2.24, 2.45) is 11.3 Å². The molecule has 0 aromatic carbocycles. The zero-order chi connectivity index (χ0) is 18.2. The number of rotatable bonds is 3. The Kier molecular flexibility index (Phi) is 4.90. The van der Waals surface area contributed by atoms with E-state index < -0.39 is 29.2 Å². The standard InChI is InChI=1S/C20H28O6/c21-16-11-14(17(22)19(16)7-3-1-4-8-19)12-24-18(23)15-13-25-20(26-15)9-5-2-6-10-20/h14-15H,1-13H2. The monoisotopic (exact) mass is 364 g/mol. The van der Waals surface area contributed by atoms with E-state index in [1.54, 1.807) is 0 Å². The Morgan fingerprint density at radius 1 is 1.00 bits per heavy atom. The van der Waals surface area contributed by atoms with E-state index in [0.29, 0.717) is 12.8 Å². The van der Waals surface area contributed by atoms with Crippen molar-refractivity contribution in [1.82, 2.24) is 0 Å². The molecule has 1 aliphatic heterocycles. The van der Waals surface area contributed by atoms with Crippen molar-refractivity contribution in [2.75, 3.05) is 13.2 Å². The zero-order valence-corrected chi connectivity index (χ0v) is 15.3. The molecule has 0 radical (unpaired) electrons. The summed E-state index contributed by atoms with van der Waals surface area (Å²) < 4.78 is 17.0. The van der Waals surface area contributed by atoms with E-state index in [9.17, 15) is 14.4 Å². The summed E-state index contributed by atoms with van der Waals surface area (Å²) in [6, 6.07) is 0. The quantitative estimate of drug-likeness (QED) is 0.566. The van der Waals surface area contributed by atoms with E-state index >= 15 is 0 Å². The number of esters is 1. The van der Waals surface area contributed by atoms with Crippen molar-refractivity contribution in [3.05, 3.63) is 0 Å². The molecule has 2 unspecified atom stereocenters. The van der Waals surface area contributed by atoms with Crippen LogP contribution >= 0.6 is 0 Å². The third kappa shape index (κ3) is 3.11. The van der Waals surface area contributed by atoms with Gasteiger partial charge in [-0.1, -0.05) is 25.7 Å². The van der Waals surface area contributed by atoms with Crippen LogP contribution in [-0.4, -0.2) is 42.6 Å². The minimum atomic E-state index is -0.783. The van der Waals surface area contributed by atoms with Crippen molar-refractivity contribution in [2.45, 2.75) is 82.5 Å². The normalized spacial score (nSPS) is 33.1. The summed E-state index contributed by atoms with van der Waals surface area (Å²) in [7, 11) is 0. The first kappa shape index (κ1) is 18.1. The lowest BCUT2D eigenvalue weighted by Crippen LogP contribution is -2.37. The number of carbonyl (C=O) groups excluding carboxylic acids is 3. The minimum absolute atomic E-state index is 0.0117. The third-order valence-corrected chi connectivity index (χ3v) is 6.67. The predicted octanol–water partition coefficient (Wildman–Crippen LogP) is 2.71. The molecule has 1 heterocycles. The molecule has 0 amide bonds. The van der Waals surface area contributed by atoms with Gasteiger partial charge >= 0.3 is 5.97 Å². The highest BCUT2D eigenvalue weighted by molar-refractivity contribution is 6.14. The van der Waals surface area contributed by atoms with Gasteiger partial charge in [0, 0.05) is 19.3 Å². The number of Topliss-reactive ketones (excluding diaryl/α,β-unsaturated/α-hetero) is 2. The van der Waals surface area contributed by atoms with Crippen LogP contribution in [0.1, 0.15) is 70.6 Å². The fourth-order valence-electron chi connectivity index (χ4n) is 5.15. The molecule has 4 aliphatic rings. The SMILES string of the molecule is O=C(OCC1CC(=O)C2(CCCCC2)C1=O)C1COC2(CCCCC2)O1. The molecule has 0 bridgehead atoms. The third-order valence-electron chi connectivity index (χ3n) is 6.67. The molecule has 6 nitrogen and oxygen atoms in total. The summed E-state index contributed by atoms with van der Waals surface area (Å²) in [6.07, 6.45) is 8.65. The van der Waals surface area contributed by atoms with Gasteiger partial charge in [-0.3, -0.25) is 9.59 Å². The first-order valence-corrected chi connectivity index (χ1v) is 10.1. The highest BCUT2D eigenvalue weighted by atomic mass is 16.8. The van der Waals surface area contributed by atoms with Gasteiger partial charge < -0.3 is 14.2 Å². The van der Waals surface area contributed by atoms with Gasteiger partial charge in [0.25, 0.3) is 0 Å². The van der Waals surface area contributed by atoms with Crippen LogP contribution in [0, 0.1) is 11.3 Å². The summed E-state index contributed by atoms with van der Waals surface area (Å²) in [5, 5.41) is 0. The largest absolute Gasteiger partial charge is 0.463 e. The predicted molar refractivity (Wildman–Crippen MR) is 91.2 cm³/mol. The molecule has 4 rings (SSSR count). The van der Waals surface area contributed by atoms with Crippen molar-refractivity contribution in [3.63, 3.8) is 0 Å². The second-order valence-corrected chi connectivity index (χ2v) is 8.35. The first-order chi connectivity index (χ1) is 12.5. The topological polar surface area (TPSA) is 78.9 Å². The van der Waals surface area contributed by atoms with E-state index in [0.717, 1.165) is 44.9 Å². The molecule has 2 atom stereocenters. The van der Waals surface area contributed by atoms with E-state index in [1.807, 2.05) is 0 Å². The van der Waals surface area contributed by atoms with Crippen molar-refractivity contribution >= 4 is 17.5 Å². The van der Waals surface area contributed by atoms with Crippen LogP contribution in [0.3, 0.4) is 0 Å². The molecule has 3 aliphatic carbocycles. The lowest BCUT2D eigenvalue weighted by Gasteiger charge is -2.31. The Bertz CT molecular complexity index is 585. The van der Waals surface area contributed by atoms with Crippen LogP contribution in [-0.2, 0) is 28.6 Å². The smallest absolute Gasteiger partial charge is 0.337 e. The van der Waals surface area contributed by atoms with Gasteiger partial charge in [0.15, 0.2) is 17.7 Å². The maximum Gasteiger partial charge on any atom is 0.337 e. The molecule has 4 fully saturated rings. The Morgan fingerprint density at radius 2 is 1.65 bits per heavy atom. The molecule has 3 saturated carbocycles. The first-order valence-electron chi connectivity index (χ1n) is 10.1. The van der Waals surface area contributed by atoms with Gasteiger partial charge in [0.2, 0.25) is 0 Å². The number of ketones is 2. The van der Waals surface area contributed by atoms with Gasteiger partial charge in [-0.25, -0.2) is 4.79 Å². The van der Waals surface area contributed by atoms with Crippen LogP contribution in [0.15, 0.2) is 0 Å². The summed E-state index contributed by atoms with van der Waals surface area (Å²) in [4.78, 5) is 37.6. The van der Waals surface area contributed by atoms with E-state index in [1.165, 1.54) is 6.42 Å². The number of hydrogen-bond acceptors (Lipinski definition) is 6. The van der Waals surface area contributed by atoms with Crippen molar-refractivity contribution in [1.29, 1.82) is 0 Å². The fourth-order valence-corrected chi connectivity index (χ4v) is 5.15. The maximum absolute atomic E-state index is 12.8. The Morgan fingerprint density at radius 3 is 2.35 bits per heavy atom. The van der Waals surface area contributed by atoms with Gasteiger partial charge in [0.05, 0.1) is 17.9 Å². The molecule has 6 heteroatoms. The second kappa shape index (κ2) is 7.04. The molecular formula is C20H28O6. The van der Waals surface area contributed by atoms with Gasteiger partial charge in [-0.05, 0) is 25.7 Å². The van der Waals surface area contributed by atoms with E-state index in [2.05, 4.69) is 0 Å². The molecule has 144 valence electrons. The Hall–Kier alpha value is -1.27. The minimum Gasteiger partial charge on any atom is -0.463 e. The highest BCUT2D eigenvalue weighted by Gasteiger charge is 2.54. The number of ether oxygens (including phenoxy) is 3. The van der Waals surface area contributed by atoms with E-state index in [-0.39, 0.29) is 31.2 Å². The summed E-state index contributed by atoms with van der Waals surface area (Å²) in [5.74, 6) is -1.55. The summed E-state index contributed by atoms with van der Waals surface area (Å²) in [5.41, 5.74) is -0.783.